The van der Waals surface area contributed by atoms with E-state index in [1.807, 2.05) is 0 Å². The molecule has 0 amide bonds. The summed E-state index contributed by atoms with van der Waals surface area (Å²) < 4.78 is 114. The molecule has 0 radical (unpaired) electrons. The fraction of sp³-hybridized carbons (Fsp3) is 0.842. The molecule has 178 valence electrons. The van der Waals surface area contributed by atoms with Crippen LogP contribution in [0.4, 0.5) is 35.1 Å². The molecule has 1 N–H and O–H groups in total. The van der Waals surface area contributed by atoms with Crippen LogP contribution >= 0.6 is 0 Å². The van der Waals surface area contributed by atoms with Gasteiger partial charge in [0.25, 0.3) is 6.10 Å². The molecule has 4 saturated carbocycles. The van der Waals surface area contributed by atoms with Gasteiger partial charge < -0.3 is 14.6 Å². The molecule has 0 saturated heterocycles. The topological polar surface area (TPSA) is 55.8 Å². The van der Waals surface area contributed by atoms with E-state index in [0.717, 1.165) is 0 Å². The molecule has 0 spiro atoms. The number of aliphatic hydroxyl groups is 1. The summed E-state index contributed by atoms with van der Waals surface area (Å²) in [7, 11) is 0. The summed E-state index contributed by atoms with van der Waals surface area (Å²) in [6.45, 7) is 5.02. The minimum Gasteiger partial charge on any atom is -0.445 e. The first-order valence-corrected chi connectivity index (χ1v) is 9.64. The number of rotatable bonds is 6. The van der Waals surface area contributed by atoms with Crippen molar-refractivity contribution in [2.24, 2.45) is 17.3 Å². The van der Waals surface area contributed by atoms with E-state index in [1.165, 1.54) is 6.92 Å². The Hall–Kier alpha value is -1.43. The predicted molar refractivity (Wildman–Crippen MR) is 88.7 cm³/mol. The molecular formula is C19H22F8O4. The van der Waals surface area contributed by atoms with Crippen LogP contribution in [0.5, 0.6) is 0 Å². The lowest BCUT2D eigenvalue weighted by molar-refractivity contribution is -0.363. The lowest BCUT2D eigenvalue weighted by atomic mass is 9.48. The first-order valence-electron chi connectivity index (χ1n) is 9.64. The summed E-state index contributed by atoms with van der Waals surface area (Å²) in [5.74, 6) is -8.50. The first-order chi connectivity index (χ1) is 13.9. The van der Waals surface area contributed by atoms with Crippen molar-refractivity contribution >= 4 is 5.97 Å². The highest BCUT2D eigenvalue weighted by Gasteiger charge is 2.73. The van der Waals surface area contributed by atoms with E-state index in [2.05, 4.69) is 11.3 Å². The van der Waals surface area contributed by atoms with Gasteiger partial charge in [-0.1, -0.05) is 6.58 Å². The zero-order chi connectivity index (χ0) is 23.6. The zero-order valence-corrected chi connectivity index (χ0v) is 16.5. The second-order valence-corrected chi connectivity index (χ2v) is 9.19. The van der Waals surface area contributed by atoms with E-state index in [0.29, 0.717) is 19.3 Å². The summed E-state index contributed by atoms with van der Waals surface area (Å²) >= 11 is 0. The van der Waals surface area contributed by atoms with Gasteiger partial charge in [0.15, 0.2) is 6.29 Å². The molecule has 0 heterocycles. The Morgan fingerprint density at radius 3 is 1.97 bits per heavy atom. The van der Waals surface area contributed by atoms with E-state index >= 15 is 0 Å². The molecule has 4 bridgehead atoms. The van der Waals surface area contributed by atoms with Crippen LogP contribution in [-0.2, 0) is 14.3 Å². The highest BCUT2D eigenvalue weighted by Crippen LogP contribution is 2.64. The van der Waals surface area contributed by atoms with Crippen molar-refractivity contribution in [1.82, 2.24) is 0 Å². The molecule has 0 aliphatic heterocycles. The quantitative estimate of drug-likeness (QED) is 0.262. The Morgan fingerprint density at radius 1 is 1.03 bits per heavy atom. The number of hydrogen-bond donors (Lipinski definition) is 1. The van der Waals surface area contributed by atoms with Gasteiger partial charge in [0.1, 0.15) is 0 Å². The van der Waals surface area contributed by atoms with Crippen LogP contribution in [-0.4, -0.2) is 47.3 Å². The van der Waals surface area contributed by atoms with Gasteiger partial charge in [0.05, 0.1) is 11.0 Å². The van der Waals surface area contributed by atoms with E-state index < -0.39 is 47.7 Å². The maximum absolute atomic E-state index is 13.6. The third kappa shape index (κ3) is 4.29. The van der Waals surface area contributed by atoms with Crippen LogP contribution in [0.1, 0.15) is 45.4 Å². The zero-order valence-electron chi connectivity index (χ0n) is 16.5. The first kappa shape index (κ1) is 24.2. The second-order valence-electron chi connectivity index (χ2n) is 9.19. The molecule has 4 atom stereocenters. The summed E-state index contributed by atoms with van der Waals surface area (Å²) in [6.07, 6.45) is -17.6. The average molecular weight is 466 g/mol. The van der Waals surface area contributed by atoms with Crippen LogP contribution in [0.25, 0.3) is 0 Å². The fourth-order valence-corrected chi connectivity index (χ4v) is 5.62. The standard InChI is InChI=1S/C19H22F8O4/c1-9(2)12(28)31-16-6-10-3-11(7-16)5-15(4-10,8-16)14(29)30-13(18(22,23)24)17(20,21)19(25,26)27/h10-13,28H,1,3-8H2,2H3. The maximum Gasteiger partial charge on any atom is 0.457 e. The van der Waals surface area contributed by atoms with Crippen LogP contribution < -0.4 is 0 Å². The lowest BCUT2D eigenvalue weighted by Gasteiger charge is -2.60. The minimum absolute atomic E-state index is 0.00121. The van der Waals surface area contributed by atoms with Gasteiger partial charge in [-0.25, -0.2) is 0 Å². The van der Waals surface area contributed by atoms with Crippen LogP contribution in [0, 0.1) is 17.3 Å². The molecule has 4 aliphatic rings. The number of carbonyl (C=O) groups is 1. The Morgan fingerprint density at radius 2 is 1.55 bits per heavy atom. The van der Waals surface area contributed by atoms with Gasteiger partial charge in [0, 0.05) is 0 Å². The molecule has 4 nitrogen and oxygen atoms in total. The molecular weight excluding hydrogens is 444 g/mol. The van der Waals surface area contributed by atoms with Gasteiger partial charge in [0.2, 0.25) is 0 Å². The van der Waals surface area contributed by atoms with Crippen molar-refractivity contribution in [1.29, 1.82) is 0 Å². The normalized spacial score (nSPS) is 35.0. The van der Waals surface area contributed by atoms with Gasteiger partial charge in [-0.2, -0.15) is 35.1 Å². The Balaban J connectivity index is 1.89. The van der Waals surface area contributed by atoms with Crippen molar-refractivity contribution in [2.75, 3.05) is 0 Å². The van der Waals surface area contributed by atoms with Gasteiger partial charge in [-0.3, -0.25) is 4.79 Å². The molecule has 31 heavy (non-hydrogen) atoms. The summed E-state index contributed by atoms with van der Waals surface area (Å²) in [4.78, 5) is 12.7. The van der Waals surface area contributed by atoms with Gasteiger partial charge in [-0.05, 0) is 62.9 Å². The number of carbonyl (C=O) groups excluding carboxylic acids is 1. The minimum atomic E-state index is -6.56. The smallest absolute Gasteiger partial charge is 0.445 e. The molecule has 0 aromatic heterocycles. The summed E-state index contributed by atoms with van der Waals surface area (Å²) in [6, 6.07) is 0. The molecule has 12 heteroatoms. The third-order valence-corrected chi connectivity index (χ3v) is 6.45. The highest BCUT2D eigenvalue weighted by atomic mass is 19.4. The van der Waals surface area contributed by atoms with Crippen molar-refractivity contribution < 1.29 is 54.5 Å². The number of aliphatic hydroxyl groups excluding tert-OH is 1. The van der Waals surface area contributed by atoms with Gasteiger partial charge >= 0.3 is 24.2 Å². The van der Waals surface area contributed by atoms with Crippen LogP contribution in [0.2, 0.25) is 0 Å². The average Bonchev–Trinajstić information content (AvgIpc) is 2.55. The number of halogens is 8. The van der Waals surface area contributed by atoms with Crippen molar-refractivity contribution in [3.63, 3.8) is 0 Å². The molecule has 4 aliphatic carbocycles. The highest BCUT2D eigenvalue weighted by molar-refractivity contribution is 5.78. The third-order valence-electron chi connectivity index (χ3n) is 6.45. The maximum atomic E-state index is 13.6. The summed E-state index contributed by atoms with van der Waals surface area (Å²) in [5, 5.41) is 10.0. The van der Waals surface area contributed by atoms with E-state index in [1.54, 1.807) is 0 Å². The predicted octanol–water partition coefficient (Wildman–Crippen LogP) is 4.91. The largest absolute Gasteiger partial charge is 0.457 e. The number of ether oxygens (including phenoxy) is 2. The molecule has 0 aromatic carbocycles. The number of esters is 1. The van der Waals surface area contributed by atoms with Crippen LogP contribution in [0.15, 0.2) is 12.2 Å². The molecule has 4 unspecified atom stereocenters. The molecule has 0 aromatic rings. The Kier molecular flexibility index (Phi) is 5.70. The van der Waals surface area contributed by atoms with Crippen molar-refractivity contribution in [3.8, 4) is 0 Å². The van der Waals surface area contributed by atoms with Crippen molar-refractivity contribution in [3.05, 3.63) is 12.2 Å². The molecule has 4 fully saturated rings. The van der Waals surface area contributed by atoms with Gasteiger partial charge in [-0.15, -0.1) is 0 Å². The monoisotopic (exact) mass is 466 g/mol. The summed E-state index contributed by atoms with van der Waals surface area (Å²) in [5.41, 5.74) is -2.57. The van der Waals surface area contributed by atoms with E-state index in [9.17, 15) is 45.0 Å². The second kappa shape index (κ2) is 7.29. The van der Waals surface area contributed by atoms with E-state index in [4.69, 9.17) is 4.74 Å². The Bertz CT molecular complexity index is 730. The lowest BCUT2D eigenvalue weighted by Crippen LogP contribution is -2.62. The number of alkyl halides is 8. The fourth-order valence-electron chi connectivity index (χ4n) is 5.62. The van der Waals surface area contributed by atoms with Crippen LogP contribution in [0.3, 0.4) is 0 Å². The SMILES string of the molecule is C=C(C)C(O)OC12CC3CC(C1)CC(C(=O)OC(C(F)(F)F)C(F)(F)C(F)(F)F)(C3)C2. The van der Waals surface area contributed by atoms with E-state index in [-0.39, 0.29) is 36.7 Å². The van der Waals surface area contributed by atoms with Crippen molar-refractivity contribution in [2.45, 2.75) is 81.7 Å². The Labute approximate surface area is 172 Å². The number of hydrogen-bond acceptors (Lipinski definition) is 4. The molecule has 4 rings (SSSR count).